The molecule has 1 saturated heterocycles. The Balaban J connectivity index is 1.99. The Labute approximate surface area is 120 Å². The maximum atomic E-state index is 4.37. The van der Waals surface area contributed by atoms with Crippen LogP contribution in [0.3, 0.4) is 0 Å². The summed E-state index contributed by atoms with van der Waals surface area (Å²) >= 11 is 2.07. The van der Waals surface area contributed by atoms with Gasteiger partial charge in [-0.3, -0.25) is 0 Å². The lowest BCUT2D eigenvalue weighted by Gasteiger charge is -2.24. The molecule has 0 aromatic carbocycles. The number of aromatic nitrogens is 2. The standard InChI is InChI=1S/C14H24N4S/c1-4-7-15-12-11(2)13(18-10-17-12)16-9-14(3)6-5-8-19-14/h10H,4-9H2,1-3H3,(H2,15,16,17,18). The second kappa shape index (κ2) is 6.46. The highest BCUT2D eigenvalue weighted by atomic mass is 32.2. The second-order valence-corrected chi connectivity index (χ2v) is 7.06. The first-order valence-electron chi connectivity index (χ1n) is 7.08. The summed E-state index contributed by atoms with van der Waals surface area (Å²) in [5, 5.41) is 6.84. The molecule has 1 aromatic rings. The number of nitrogens with one attached hydrogen (secondary N) is 2. The maximum Gasteiger partial charge on any atom is 0.134 e. The molecule has 0 aliphatic carbocycles. The average molecular weight is 280 g/mol. The summed E-state index contributed by atoms with van der Waals surface area (Å²) < 4.78 is 0.356. The van der Waals surface area contributed by atoms with Crippen LogP contribution in [-0.2, 0) is 0 Å². The summed E-state index contributed by atoms with van der Waals surface area (Å²) in [6.07, 6.45) is 5.35. The monoisotopic (exact) mass is 280 g/mol. The van der Waals surface area contributed by atoms with Crippen LogP contribution < -0.4 is 10.6 Å². The SMILES string of the molecule is CCCNc1ncnc(NCC2(C)CCCS2)c1C. The molecule has 4 nitrogen and oxygen atoms in total. The minimum Gasteiger partial charge on any atom is -0.370 e. The zero-order valence-electron chi connectivity index (χ0n) is 12.1. The van der Waals surface area contributed by atoms with Gasteiger partial charge in [0.2, 0.25) is 0 Å². The molecule has 5 heteroatoms. The van der Waals surface area contributed by atoms with E-state index >= 15 is 0 Å². The molecule has 106 valence electrons. The van der Waals surface area contributed by atoms with Crippen LogP contribution in [-0.4, -0.2) is 33.6 Å². The molecule has 1 unspecified atom stereocenters. The molecular weight excluding hydrogens is 256 g/mol. The fourth-order valence-corrected chi connectivity index (χ4v) is 3.54. The number of hydrogen-bond donors (Lipinski definition) is 2. The average Bonchev–Trinajstić information content (AvgIpc) is 2.84. The van der Waals surface area contributed by atoms with Gasteiger partial charge in [-0.2, -0.15) is 11.8 Å². The summed E-state index contributed by atoms with van der Waals surface area (Å²) in [6.45, 7) is 8.49. The molecule has 19 heavy (non-hydrogen) atoms. The second-order valence-electron chi connectivity index (χ2n) is 5.38. The van der Waals surface area contributed by atoms with Crippen molar-refractivity contribution < 1.29 is 0 Å². The van der Waals surface area contributed by atoms with E-state index in [4.69, 9.17) is 0 Å². The van der Waals surface area contributed by atoms with Crippen molar-refractivity contribution in [3.63, 3.8) is 0 Å². The van der Waals surface area contributed by atoms with Gasteiger partial charge >= 0.3 is 0 Å². The van der Waals surface area contributed by atoms with Crippen LogP contribution in [0.15, 0.2) is 6.33 Å². The van der Waals surface area contributed by atoms with Gasteiger partial charge in [-0.15, -0.1) is 0 Å². The van der Waals surface area contributed by atoms with E-state index in [2.05, 4.69) is 53.1 Å². The number of thioether (sulfide) groups is 1. The third-order valence-corrected chi connectivity index (χ3v) is 5.09. The Morgan fingerprint density at radius 3 is 2.68 bits per heavy atom. The quantitative estimate of drug-likeness (QED) is 0.837. The van der Waals surface area contributed by atoms with Crippen LogP contribution in [0.25, 0.3) is 0 Å². The Morgan fingerprint density at radius 1 is 1.32 bits per heavy atom. The van der Waals surface area contributed by atoms with E-state index in [9.17, 15) is 0 Å². The molecule has 1 fully saturated rings. The van der Waals surface area contributed by atoms with Crippen molar-refractivity contribution in [2.24, 2.45) is 0 Å². The lowest BCUT2D eigenvalue weighted by Crippen LogP contribution is -2.27. The predicted molar refractivity (Wildman–Crippen MR) is 84.1 cm³/mol. The largest absolute Gasteiger partial charge is 0.370 e. The molecule has 0 spiro atoms. The van der Waals surface area contributed by atoms with E-state index in [0.717, 1.165) is 36.7 Å². The van der Waals surface area contributed by atoms with Crippen molar-refractivity contribution in [2.75, 3.05) is 29.5 Å². The van der Waals surface area contributed by atoms with Crippen molar-refractivity contribution >= 4 is 23.4 Å². The number of rotatable bonds is 6. The predicted octanol–water partition coefficient (Wildman–Crippen LogP) is 3.30. The van der Waals surface area contributed by atoms with Crippen LogP contribution in [0, 0.1) is 6.92 Å². The molecular formula is C14H24N4S. The molecule has 0 bridgehead atoms. The zero-order valence-corrected chi connectivity index (χ0v) is 12.9. The topological polar surface area (TPSA) is 49.8 Å². The van der Waals surface area contributed by atoms with Gasteiger partial charge in [-0.05, 0) is 38.9 Å². The Hall–Kier alpha value is -0.970. The van der Waals surface area contributed by atoms with Gasteiger partial charge in [0.25, 0.3) is 0 Å². The highest BCUT2D eigenvalue weighted by molar-refractivity contribution is 8.00. The van der Waals surface area contributed by atoms with Gasteiger partial charge in [-0.25, -0.2) is 9.97 Å². The van der Waals surface area contributed by atoms with E-state index in [-0.39, 0.29) is 0 Å². The molecule has 2 heterocycles. The third kappa shape index (κ3) is 3.75. The van der Waals surface area contributed by atoms with Gasteiger partial charge in [0.05, 0.1) is 0 Å². The van der Waals surface area contributed by atoms with Crippen LogP contribution in [0.2, 0.25) is 0 Å². The first-order valence-corrected chi connectivity index (χ1v) is 8.06. The van der Waals surface area contributed by atoms with E-state index in [1.807, 2.05) is 0 Å². The Morgan fingerprint density at radius 2 is 2.05 bits per heavy atom. The summed E-state index contributed by atoms with van der Waals surface area (Å²) in [6, 6.07) is 0. The first kappa shape index (κ1) is 14.4. The lowest BCUT2D eigenvalue weighted by molar-refractivity contribution is 0.633. The van der Waals surface area contributed by atoms with Crippen LogP contribution in [0.1, 0.15) is 38.7 Å². The van der Waals surface area contributed by atoms with E-state index in [1.165, 1.54) is 18.6 Å². The van der Waals surface area contributed by atoms with Crippen molar-refractivity contribution in [1.29, 1.82) is 0 Å². The summed E-state index contributed by atoms with van der Waals surface area (Å²) in [7, 11) is 0. The molecule has 1 atom stereocenters. The maximum absolute atomic E-state index is 4.37. The van der Waals surface area contributed by atoms with Crippen molar-refractivity contribution in [2.45, 2.75) is 44.8 Å². The zero-order chi connectivity index (χ0) is 13.7. The van der Waals surface area contributed by atoms with E-state index < -0.39 is 0 Å². The van der Waals surface area contributed by atoms with Gasteiger partial charge in [-0.1, -0.05) is 6.92 Å². The normalized spacial score (nSPS) is 22.5. The molecule has 0 amide bonds. The highest BCUT2D eigenvalue weighted by Gasteiger charge is 2.29. The molecule has 1 aromatic heterocycles. The van der Waals surface area contributed by atoms with Gasteiger partial charge < -0.3 is 10.6 Å². The van der Waals surface area contributed by atoms with Crippen LogP contribution in [0.5, 0.6) is 0 Å². The minimum absolute atomic E-state index is 0.356. The van der Waals surface area contributed by atoms with Crippen LogP contribution >= 0.6 is 11.8 Å². The highest BCUT2D eigenvalue weighted by Crippen LogP contribution is 2.37. The van der Waals surface area contributed by atoms with Gasteiger partial charge in [0.1, 0.15) is 18.0 Å². The smallest absolute Gasteiger partial charge is 0.134 e. The molecule has 1 aliphatic rings. The van der Waals surface area contributed by atoms with Gasteiger partial charge in [0.15, 0.2) is 0 Å². The Bertz CT molecular complexity index is 416. The first-order chi connectivity index (χ1) is 9.14. The molecule has 2 rings (SSSR count). The summed E-state index contributed by atoms with van der Waals surface area (Å²) in [5.41, 5.74) is 1.11. The third-order valence-electron chi connectivity index (χ3n) is 3.56. The minimum atomic E-state index is 0.356. The van der Waals surface area contributed by atoms with Crippen molar-refractivity contribution in [3.8, 4) is 0 Å². The molecule has 0 radical (unpaired) electrons. The van der Waals surface area contributed by atoms with E-state index in [0.29, 0.717) is 4.75 Å². The molecule has 2 N–H and O–H groups in total. The lowest BCUT2D eigenvalue weighted by atomic mass is 10.1. The van der Waals surface area contributed by atoms with Gasteiger partial charge in [0, 0.05) is 23.4 Å². The number of anilines is 2. The summed E-state index contributed by atoms with van der Waals surface area (Å²) in [5.74, 6) is 3.19. The Kier molecular flexibility index (Phi) is 4.91. The number of nitrogens with zero attached hydrogens (tertiary/aromatic N) is 2. The number of hydrogen-bond acceptors (Lipinski definition) is 5. The fourth-order valence-electron chi connectivity index (χ4n) is 2.30. The van der Waals surface area contributed by atoms with Crippen molar-refractivity contribution in [1.82, 2.24) is 9.97 Å². The molecule has 0 saturated carbocycles. The molecule has 1 aliphatic heterocycles. The van der Waals surface area contributed by atoms with E-state index in [1.54, 1.807) is 6.33 Å². The summed E-state index contributed by atoms with van der Waals surface area (Å²) in [4.78, 5) is 8.67. The fraction of sp³-hybridized carbons (Fsp3) is 0.714. The van der Waals surface area contributed by atoms with Crippen molar-refractivity contribution in [3.05, 3.63) is 11.9 Å². The van der Waals surface area contributed by atoms with Crippen LogP contribution in [0.4, 0.5) is 11.6 Å².